The smallest absolute Gasteiger partial charge is 0.255 e. The number of aromatic nitrogens is 1. The van der Waals surface area contributed by atoms with E-state index in [2.05, 4.69) is 15.6 Å². The van der Waals surface area contributed by atoms with E-state index in [-0.39, 0.29) is 23.9 Å². The van der Waals surface area contributed by atoms with E-state index in [4.69, 9.17) is 9.47 Å². The van der Waals surface area contributed by atoms with Gasteiger partial charge < -0.3 is 20.1 Å². The highest BCUT2D eigenvalue weighted by atomic mass is 19.1. The molecule has 0 spiro atoms. The number of nitrogens with one attached hydrogen (secondary N) is 2. The molecule has 2 aromatic carbocycles. The molecular weight excluding hydrogens is 385 g/mol. The molecular formula is C23H22FN3O3. The van der Waals surface area contributed by atoms with Crippen molar-refractivity contribution in [2.24, 2.45) is 0 Å². The molecule has 0 radical (unpaired) electrons. The molecule has 0 aliphatic carbocycles. The van der Waals surface area contributed by atoms with Gasteiger partial charge in [-0.15, -0.1) is 0 Å². The number of amides is 1. The van der Waals surface area contributed by atoms with Crippen LogP contribution < -0.4 is 20.1 Å². The SMILES string of the molecule is CC(C)(CNC(=O)c1cccnc1Nc1cccc(F)c1)c1ccc2c(c1)OCO2. The van der Waals surface area contributed by atoms with Gasteiger partial charge in [0.15, 0.2) is 11.5 Å². The zero-order valence-electron chi connectivity index (χ0n) is 16.7. The monoisotopic (exact) mass is 407 g/mol. The Bertz CT molecular complexity index is 1080. The van der Waals surface area contributed by atoms with Crippen molar-refractivity contribution >= 4 is 17.4 Å². The first-order valence-corrected chi connectivity index (χ1v) is 9.58. The fraction of sp³-hybridized carbons (Fsp3) is 0.217. The summed E-state index contributed by atoms with van der Waals surface area (Å²) in [4.78, 5) is 17.1. The van der Waals surface area contributed by atoms with E-state index in [1.54, 1.807) is 30.5 Å². The van der Waals surface area contributed by atoms with Crippen LogP contribution in [-0.2, 0) is 5.41 Å². The van der Waals surface area contributed by atoms with Crippen molar-refractivity contribution in [2.75, 3.05) is 18.7 Å². The molecule has 0 bridgehead atoms. The minimum atomic E-state index is -0.368. The van der Waals surface area contributed by atoms with Crippen molar-refractivity contribution in [1.82, 2.24) is 10.3 Å². The summed E-state index contributed by atoms with van der Waals surface area (Å²) in [6.07, 6.45) is 1.58. The first kappa shape index (κ1) is 19.7. The molecule has 0 unspecified atom stereocenters. The minimum absolute atomic E-state index is 0.220. The average Bonchev–Trinajstić information content (AvgIpc) is 3.20. The van der Waals surface area contributed by atoms with Gasteiger partial charge in [-0.1, -0.05) is 26.0 Å². The number of ether oxygens (including phenoxy) is 2. The molecule has 30 heavy (non-hydrogen) atoms. The van der Waals surface area contributed by atoms with Crippen LogP contribution in [0.15, 0.2) is 60.8 Å². The van der Waals surface area contributed by atoms with E-state index in [0.717, 1.165) is 11.3 Å². The zero-order valence-corrected chi connectivity index (χ0v) is 16.7. The van der Waals surface area contributed by atoms with Gasteiger partial charge in [0.1, 0.15) is 11.6 Å². The van der Waals surface area contributed by atoms with Crippen molar-refractivity contribution in [3.8, 4) is 11.5 Å². The predicted molar refractivity (Wildman–Crippen MR) is 112 cm³/mol. The maximum absolute atomic E-state index is 13.5. The highest BCUT2D eigenvalue weighted by Crippen LogP contribution is 2.36. The summed E-state index contributed by atoms with van der Waals surface area (Å²) in [6, 6.07) is 15.2. The van der Waals surface area contributed by atoms with E-state index in [1.165, 1.54) is 12.1 Å². The van der Waals surface area contributed by atoms with E-state index in [0.29, 0.717) is 29.4 Å². The second-order valence-electron chi connectivity index (χ2n) is 7.67. The van der Waals surface area contributed by atoms with Gasteiger partial charge in [-0.3, -0.25) is 4.79 Å². The maximum atomic E-state index is 13.5. The number of hydrogen-bond donors (Lipinski definition) is 2. The maximum Gasteiger partial charge on any atom is 0.255 e. The van der Waals surface area contributed by atoms with E-state index >= 15 is 0 Å². The fourth-order valence-corrected chi connectivity index (χ4v) is 3.21. The van der Waals surface area contributed by atoms with Crippen molar-refractivity contribution in [3.05, 3.63) is 77.7 Å². The molecule has 1 aliphatic rings. The number of nitrogens with zero attached hydrogens (tertiary/aromatic N) is 1. The molecule has 7 heteroatoms. The number of rotatable bonds is 6. The summed E-state index contributed by atoms with van der Waals surface area (Å²) in [5.41, 5.74) is 1.58. The first-order valence-electron chi connectivity index (χ1n) is 9.58. The number of benzene rings is 2. The number of pyridine rings is 1. The molecule has 3 aromatic rings. The highest BCUT2D eigenvalue weighted by Gasteiger charge is 2.25. The van der Waals surface area contributed by atoms with Crippen LogP contribution in [0, 0.1) is 5.82 Å². The normalized spacial score (nSPS) is 12.5. The van der Waals surface area contributed by atoms with Crippen molar-refractivity contribution in [1.29, 1.82) is 0 Å². The lowest BCUT2D eigenvalue weighted by molar-refractivity contribution is 0.0946. The van der Waals surface area contributed by atoms with Gasteiger partial charge in [0.25, 0.3) is 5.91 Å². The Balaban J connectivity index is 1.47. The van der Waals surface area contributed by atoms with Gasteiger partial charge in [-0.2, -0.15) is 0 Å². The summed E-state index contributed by atoms with van der Waals surface area (Å²) in [5, 5.41) is 5.99. The Labute approximate surface area is 174 Å². The van der Waals surface area contributed by atoms with Crippen LogP contribution in [0.5, 0.6) is 11.5 Å². The molecule has 0 saturated heterocycles. The largest absolute Gasteiger partial charge is 0.454 e. The Hall–Kier alpha value is -3.61. The van der Waals surface area contributed by atoms with Gasteiger partial charge in [0.05, 0.1) is 5.56 Å². The Kier molecular flexibility index (Phi) is 5.27. The summed E-state index contributed by atoms with van der Waals surface area (Å²) in [7, 11) is 0. The Morgan fingerprint density at radius 2 is 1.93 bits per heavy atom. The summed E-state index contributed by atoms with van der Waals surface area (Å²) in [6.45, 7) is 4.71. The molecule has 0 saturated carbocycles. The zero-order chi connectivity index (χ0) is 21.1. The Morgan fingerprint density at radius 1 is 1.10 bits per heavy atom. The summed E-state index contributed by atoms with van der Waals surface area (Å²) >= 11 is 0. The first-order chi connectivity index (χ1) is 14.4. The van der Waals surface area contributed by atoms with E-state index in [9.17, 15) is 9.18 Å². The molecule has 1 amide bonds. The topological polar surface area (TPSA) is 72.5 Å². The van der Waals surface area contributed by atoms with Crippen LogP contribution in [0.3, 0.4) is 0 Å². The Morgan fingerprint density at radius 3 is 2.77 bits per heavy atom. The minimum Gasteiger partial charge on any atom is -0.454 e. The van der Waals surface area contributed by atoms with E-state index < -0.39 is 0 Å². The summed E-state index contributed by atoms with van der Waals surface area (Å²) in [5.74, 6) is 1.16. The lowest BCUT2D eigenvalue weighted by Gasteiger charge is -2.26. The van der Waals surface area contributed by atoms with Crippen molar-refractivity contribution in [2.45, 2.75) is 19.3 Å². The number of carbonyl (C=O) groups is 1. The van der Waals surface area contributed by atoms with Gasteiger partial charge in [-0.05, 0) is 48.0 Å². The third-order valence-corrected chi connectivity index (χ3v) is 4.98. The van der Waals surface area contributed by atoms with Gasteiger partial charge in [0.2, 0.25) is 6.79 Å². The molecule has 6 nitrogen and oxygen atoms in total. The third-order valence-electron chi connectivity index (χ3n) is 4.98. The second-order valence-corrected chi connectivity index (χ2v) is 7.67. The average molecular weight is 407 g/mol. The highest BCUT2D eigenvalue weighted by molar-refractivity contribution is 5.99. The van der Waals surface area contributed by atoms with Crippen LogP contribution in [-0.4, -0.2) is 24.2 Å². The fourth-order valence-electron chi connectivity index (χ4n) is 3.21. The number of carbonyl (C=O) groups excluding carboxylic acids is 1. The van der Waals surface area contributed by atoms with Crippen LogP contribution >= 0.6 is 0 Å². The molecule has 1 aliphatic heterocycles. The molecule has 0 fully saturated rings. The third kappa shape index (κ3) is 4.20. The molecule has 0 atom stereocenters. The molecule has 4 rings (SSSR count). The standard InChI is InChI=1S/C23H22FN3O3/c1-23(2,15-8-9-19-20(11-15)30-14-29-19)13-26-22(28)18-7-4-10-25-21(18)27-17-6-3-5-16(24)12-17/h3-12H,13-14H2,1-2H3,(H,25,27)(H,26,28). The van der Waals surface area contributed by atoms with Crippen molar-refractivity contribution in [3.63, 3.8) is 0 Å². The van der Waals surface area contributed by atoms with Crippen LogP contribution in [0.2, 0.25) is 0 Å². The quantitative estimate of drug-likeness (QED) is 0.634. The summed E-state index contributed by atoms with van der Waals surface area (Å²) < 4.78 is 24.3. The van der Waals surface area contributed by atoms with Gasteiger partial charge >= 0.3 is 0 Å². The second kappa shape index (κ2) is 8.02. The molecule has 2 heterocycles. The lowest BCUT2D eigenvalue weighted by Crippen LogP contribution is -2.37. The van der Waals surface area contributed by atoms with Crippen LogP contribution in [0.1, 0.15) is 29.8 Å². The number of halogens is 1. The molecule has 154 valence electrons. The van der Waals surface area contributed by atoms with Gasteiger partial charge in [-0.25, -0.2) is 9.37 Å². The predicted octanol–water partition coefficient (Wildman–Crippen LogP) is 4.40. The lowest BCUT2D eigenvalue weighted by atomic mass is 9.84. The van der Waals surface area contributed by atoms with Crippen LogP contribution in [0.4, 0.5) is 15.9 Å². The number of anilines is 2. The van der Waals surface area contributed by atoms with Crippen molar-refractivity contribution < 1.29 is 18.7 Å². The molecule has 1 aromatic heterocycles. The van der Waals surface area contributed by atoms with Gasteiger partial charge in [0, 0.05) is 23.8 Å². The van der Waals surface area contributed by atoms with E-state index in [1.807, 2.05) is 32.0 Å². The van der Waals surface area contributed by atoms with Crippen LogP contribution in [0.25, 0.3) is 0 Å². The molecule has 2 N–H and O–H groups in total. The number of hydrogen-bond acceptors (Lipinski definition) is 5. The number of fused-ring (bicyclic) bond motifs is 1.